The Labute approximate surface area is 95.6 Å². The first-order chi connectivity index (χ1) is 7.60. The molecule has 1 aromatic carbocycles. The van der Waals surface area contributed by atoms with E-state index in [1.807, 2.05) is 0 Å². The molecule has 1 aliphatic rings. The molecule has 0 spiro atoms. The van der Waals surface area contributed by atoms with Crippen LogP contribution in [0.15, 0.2) is 35.9 Å². The van der Waals surface area contributed by atoms with E-state index in [1.165, 1.54) is 18.6 Å². The average molecular weight is 220 g/mol. The summed E-state index contributed by atoms with van der Waals surface area (Å²) in [5.74, 6) is -0.297. The molecule has 1 nitrogen and oxygen atoms in total. The lowest BCUT2D eigenvalue weighted by molar-refractivity contribution is 0.0911. The van der Waals surface area contributed by atoms with Crippen molar-refractivity contribution in [2.45, 2.75) is 38.2 Å². The maximum absolute atomic E-state index is 13.1. The summed E-state index contributed by atoms with van der Waals surface area (Å²) in [6.07, 6.45) is 6.30. The van der Waals surface area contributed by atoms with Gasteiger partial charge in [-0.3, -0.25) is 0 Å². The van der Waals surface area contributed by atoms with Crippen LogP contribution in [-0.2, 0) is 5.60 Å². The monoisotopic (exact) mass is 220 g/mol. The van der Waals surface area contributed by atoms with Gasteiger partial charge < -0.3 is 5.11 Å². The van der Waals surface area contributed by atoms with Gasteiger partial charge in [0, 0.05) is 0 Å². The molecule has 0 aliphatic heterocycles. The van der Waals surface area contributed by atoms with Gasteiger partial charge in [0.25, 0.3) is 0 Å². The second-order valence-corrected chi connectivity index (χ2v) is 4.56. The molecular formula is C14H17FO. The van der Waals surface area contributed by atoms with Crippen LogP contribution < -0.4 is 0 Å². The Hall–Kier alpha value is -1.15. The lowest BCUT2D eigenvalue weighted by atomic mass is 9.82. The third-order valence-corrected chi connectivity index (χ3v) is 3.30. The molecule has 1 unspecified atom stereocenters. The highest BCUT2D eigenvalue weighted by Gasteiger charge is 2.28. The second kappa shape index (κ2) is 4.38. The summed E-state index contributed by atoms with van der Waals surface area (Å²) in [4.78, 5) is 0. The van der Waals surface area contributed by atoms with Crippen molar-refractivity contribution in [2.24, 2.45) is 0 Å². The van der Waals surface area contributed by atoms with E-state index >= 15 is 0 Å². The Morgan fingerprint density at radius 2 is 2.12 bits per heavy atom. The number of hydrogen-bond donors (Lipinski definition) is 1. The van der Waals surface area contributed by atoms with Gasteiger partial charge in [0.15, 0.2) is 0 Å². The summed E-state index contributed by atoms with van der Waals surface area (Å²) in [7, 11) is 0. The first-order valence-electron chi connectivity index (χ1n) is 5.78. The largest absolute Gasteiger partial charge is 0.381 e. The zero-order chi connectivity index (χ0) is 11.6. The average Bonchev–Trinajstić information content (AvgIpc) is 2.30. The molecule has 0 radical (unpaired) electrons. The van der Waals surface area contributed by atoms with Crippen molar-refractivity contribution in [3.63, 3.8) is 0 Å². The zero-order valence-electron chi connectivity index (χ0n) is 9.54. The Morgan fingerprint density at radius 1 is 1.31 bits per heavy atom. The van der Waals surface area contributed by atoms with Gasteiger partial charge in [-0.15, -0.1) is 0 Å². The van der Waals surface area contributed by atoms with Gasteiger partial charge >= 0.3 is 0 Å². The number of allylic oxidation sites excluding steroid dienone is 1. The number of hydrogen-bond acceptors (Lipinski definition) is 1. The van der Waals surface area contributed by atoms with E-state index in [0.29, 0.717) is 5.56 Å². The molecule has 1 aromatic rings. The van der Waals surface area contributed by atoms with E-state index in [1.54, 1.807) is 19.1 Å². The highest BCUT2D eigenvalue weighted by Crippen LogP contribution is 2.35. The first-order valence-corrected chi connectivity index (χ1v) is 5.78. The standard InChI is InChI=1S/C14H17FO/c1-14(16,11-6-3-2-4-7-11)12-8-5-9-13(15)10-12/h5-6,8-10,16H,2-4,7H2,1H3. The third-order valence-electron chi connectivity index (χ3n) is 3.30. The van der Waals surface area contributed by atoms with Crippen LogP contribution in [-0.4, -0.2) is 5.11 Å². The van der Waals surface area contributed by atoms with Crippen LogP contribution in [0.5, 0.6) is 0 Å². The molecule has 1 atom stereocenters. The van der Waals surface area contributed by atoms with Gasteiger partial charge in [0.1, 0.15) is 11.4 Å². The van der Waals surface area contributed by atoms with Gasteiger partial charge in [-0.1, -0.05) is 18.2 Å². The van der Waals surface area contributed by atoms with Crippen molar-refractivity contribution in [3.8, 4) is 0 Å². The Kier molecular flexibility index (Phi) is 3.10. The quantitative estimate of drug-likeness (QED) is 0.756. The number of benzene rings is 1. The minimum atomic E-state index is -1.03. The Bertz CT molecular complexity index is 407. The minimum Gasteiger partial charge on any atom is -0.381 e. The first kappa shape index (κ1) is 11.3. The van der Waals surface area contributed by atoms with Crippen molar-refractivity contribution in [3.05, 3.63) is 47.3 Å². The molecule has 16 heavy (non-hydrogen) atoms. The Balaban J connectivity index is 2.33. The fourth-order valence-corrected chi connectivity index (χ4v) is 2.26. The van der Waals surface area contributed by atoms with E-state index in [-0.39, 0.29) is 5.82 Å². The molecule has 86 valence electrons. The molecule has 1 aliphatic carbocycles. The van der Waals surface area contributed by atoms with Crippen molar-refractivity contribution in [1.82, 2.24) is 0 Å². The number of aliphatic hydroxyl groups is 1. The summed E-state index contributed by atoms with van der Waals surface area (Å²) >= 11 is 0. The zero-order valence-corrected chi connectivity index (χ0v) is 9.54. The molecule has 1 N–H and O–H groups in total. The highest BCUT2D eigenvalue weighted by atomic mass is 19.1. The molecular weight excluding hydrogens is 203 g/mol. The van der Waals surface area contributed by atoms with Crippen LogP contribution in [0.1, 0.15) is 38.2 Å². The predicted octanol–water partition coefficient (Wildman–Crippen LogP) is 3.53. The molecule has 2 rings (SSSR count). The van der Waals surface area contributed by atoms with Crippen LogP contribution in [0, 0.1) is 5.82 Å². The smallest absolute Gasteiger partial charge is 0.123 e. The number of halogens is 1. The van der Waals surface area contributed by atoms with Crippen LogP contribution in [0.2, 0.25) is 0 Å². The van der Waals surface area contributed by atoms with Gasteiger partial charge in [-0.05, 0) is 55.9 Å². The van der Waals surface area contributed by atoms with Crippen molar-refractivity contribution < 1.29 is 9.50 Å². The van der Waals surface area contributed by atoms with Crippen LogP contribution >= 0.6 is 0 Å². The lowest BCUT2D eigenvalue weighted by Gasteiger charge is -2.29. The summed E-state index contributed by atoms with van der Waals surface area (Å²) < 4.78 is 13.1. The summed E-state index contributed by atoms with van der Waals surface area (Å²) in [6, 6.07) is 6.23. The minimum absolute atomic E-state index is 0.297. The summed E-state index contributed by atoms with van der Waals surface area (Å²) in [6.45, 7) is 1.75. The van der Waals surface area contributed by atoms with Crippen molar-refractivity contribution in [2.75, 3.05) is 0 Å². The fraction of sp³-hybridized carbons (Fsp3) is 0.429. The van der Waals surface area contributed by atoms with Crippen molar-refractivity contribution in [1.29, 1.82) is 0 Å². The van der Waals surface area contributed by atoms with E-state index in [4.69, 9.17) is 0 Å². The number of rotatable bonds is 2. The molecule has 0 saturated heterocycles. The van der Waals surface area contributed by atoms with Gasteiger partial charge in [-0.2, -0.15) is 0 Å². The van der Waals surface area contributed by atoms with Crippen LogP contribution in [0.25, 0.3) is 0 Å². The predicted molar refractivity (Wildman–Crippen MR) is 62.5 cm³/mol. The summed E-state index contributed by atoms with van der Waals surface area (Å²) in [5, 5.41) is 10.5. The molecule has 0 aromatic heterocycles. The maximum atomic E-state index is 13.1. The molecule has 0 amide bonds. The van der Waals surface area contributed by atoms with Gasteiger partial charge in [0.2, 0.25) is 0 Å². The van der Waals surface area contributed by atoms with Crippen molar-refractivity contribution >= 4 is 0 Å². The van der Waals surface area contributed by atoms with Crippen LogP contribution in [0.3, 0.4) is 0 Å². The second-order valence-electron chi connectivity index (χ2n) is 4.56. The molecule has 0 fully saturated rings. The lowest BCUT2D eigenvalue weighted by Crippen LogP contribution is -2.25. The van der Waals surface area contributed by atoms with Gasteiger partial charge in [-0.25, -0.2) is 4.39 Å². The van der Waals surface area contributed by atoms with E-state index in [0.717, 1.165) is 24.8 Å². The van der Waals surface area contributed by atoms with Crippen LogP contribution in [0.4, 0.5) is 4.39 Å². The highest BCUT2D eigenvalue weighted by molar-refractivity contribution is 5.32. The maximum Gasteiger partial charge on any atom is 0.123 e. The van der Waals surface area contributed by atoms with E-state index < -0.39 is 5.60 Å². The molecule has 2 heteroatoms. The topological polar surface area (TPSA) is 20.2 Å². The molecule has 0 saturated carbocycles. The van der Waals surface area contributed by atoms with E-state index in [2.05, 4.69) is 6.08 Å². The third kappa shape index (κ3) is 2.17. The normalized spacial score (nSPS) is 20.1. The van der Waals surface area contributed by atoms with E-state index in [9.17, 15) is 9.50 Å². The molecule has 0 heterocycles. The van der Waals surface area contributed by atoms with Gasteiger partial charge in [0.05, 0.1) is 0 Å². The SMILES string of the molecule is CC(O)(C1=CCCCC1)c1cccc(F)c1. The Morgan fingerprint density at radius 3 is 2.75 bits per heavy atom. The fourth-order valence-electron chi connectivity index (χ4n) is 2.26. The molecule has 0 bridgehead atoms. The summed E-state index contributed by atoms with van der Waals surface area (Å²) in [5.41, 5.74) is 0.632.